The minimum atomic E-state index is -4.64. The van der Waals surface area contributed by atoms with Gasteiger partial charge in [-0.15, -0.1) is 0 Å². The van der Waals surface area contributed by atoms with Crippen LogP contribution in [0.1, 0.15) is 33.6 Å². The van der Waals surface area contributed by atoms with E-state index in [9.17, 15) is 0 Å². The number of likely N-dealkylation sites (tertiary alicyclic amines) is 1. The molecule has 8 heteroatoms. The molecule has 1 radical (unpaired) electrons. The van der Waals surface area contributed by atoms with Gasteiger partial charge in [0, 0.05) is 22.3 Å². The van der Waals surface area contributed by atoms with E-state index in [-0.39, 0.29) is 22.9 Å². The molecule has 1 atom stereocenters. The first kappa shape index (κ1) is 22.7. The van der Waals surface area contributed by atoms with Crippen LogP contribution in [0.3, 0.4) is 0 Å². The summed E-state index contributed by atoms with van der Waals surface area (Å²) in [7, 11) is -2.41. The number of phosphoric acid groups is 1. The smallest absolute Gasteiger partial charge is 0.344 e. The first-order chi connectivity index (χ1) is 6.55. The summed E-state index contributed by atoms with van der Waals surface area (Å²) >= 11 is 0. The maximum absolute atomic E-state index is 8.88. The second-order valence-electron chi connectivity index (χ2n) is 4.63. The fourth-order valence-corrected chi connectivity index (χ4v) is 1.65. The van der Waals surface area contributed by atoms with E-state index in [2.05, 4.69) is 32.7 Å². The molecule has 0 saturated carbocycles. The summed E-state index contributed by atoms with van der Waals surface area (Å²) in [5.74, 6) is 0.853. The molecular weight excluding hydrogens is 290 g/mol. The van der Waals surface area contributed by atoms with Crippen LogP contribution in [0, 0.1) is 5.92 Å². The third-order valence-electron chi connectivity index (χ3n) is 3.32. The molecule has 0 bridgehead atoms. The Morgan fingerprint density at radius 2 is 1.65 bits per heavy atom. The fourth-order valence-electron chi connectivity index (χ4n) is 1.65. The summed E-state index contributed by atoms with van der Waals surface area (Å²) in [6, 6.07) is 0. The first-order valence-corrected chi connectivity index (χ1v) is 6.61. The van der Waals surface area contributed by atoms with Gasteiger partial charge < -0.3 is 25.7 Å². The summed E-state index contributed by atoms with van der Waals surface area (Å²) in [5, 5.41) is 0. The van der Waals surface area contributed by atoms with Crippen molar-refractivity contribution in [3.8, 4) is 0 Å². The summed E-state index contributed by atoms with van der Waals surface area (Å²) in [6.07, 6.45) is 2.78. The van der Waals surface area contributed by atoms with Gasteiger partial charge in [0.25, 0.3) is 0 Å². The second kappa shape index (κ2) is 8.61. The molecule has 109 valence electrons. The van der Waals surface area contributed by atoms with Gasteiger partial charge in [0.2, 0.25) is 0 Å². The molecular formula is C9H25CoN2O4P. The zero-order chi connectivity index (χ0) is 12.3. The third-order valence-corrected chi connectivity index (χ3v) is 3.32. The Morgan fingerprint density at radius 1 is 1.29 bits per heavy atom. The quantitative estimate of drug-likeness (QED) is 0.502. The molecule has 0 aliphatic carbocycles. The van der Waals surface area contributed by atoms with Crippen molar-refractivity contribution in [2.75, 3.05) is 13.6 Å². The average Bonchev–Trinajstić information content (AvgIpc) is 1.98. The van der Waals surface area contributed by atoms with Crippen molar-refractivity contribution in [2.24, 2.45) is 5.92 Å². The van der Waals surface area contributed by atoms with Gasteiger partial charge in [-0.25, -0.2) is 4.57 Å². The topological polar surface area (TPSA) is 116 Å². The summed E-state index contributed by atoms with van der Waals surface area (Å²) in [5.41, 5.74) is 0.429. The summed E-state index contributed by atoms with van der Waals surface area (Å²) < 4.78 is 8.88. The van der Waals surface area contributed by atoms with Crippen molar-refractivity contribution in [3.05, 3.63) is 0 Å². The number of nitrogens with zero attached hydrogens (tertiary/aromatic N) is 1. The normalized spacial score (nSPS) is 23.6. The molecule has 0 spiro atoms. The van der Waals surface area contributed by atoms with E-state index in [4.69, 9.17) is 19.2 Å². The maximum atomic E-state index is 8.88. The molecule has 0 aromatic heterocycles. The molecule has 0 aromatic rings. The largest absolute Gasteiger partial charge is 0.466 e. The van der Waals surface area contributed by atoms with E-state index in [1.807, 2.05) is 0 Å². The zero-order valence-electron chi connectivity index (χ0n) is 10.9. The van der Waals surface area contributed by atoms with Gasteiger partial charge in [-0.2, -0.15) is 0 Å². The molecule has 17 heavy (non-hydrogen) atoms. The Kier molecular flexibility index (Phi) is 11.5. The van der Waals surface area contributed by atoms with Crippen LogP contribution in [-0.2, 0) is 21.3 Å². The van der Waals surface area contributed by atoms with E-state index in [1.54, 1.807) is 0 Å². The summed E-state index contributed by atoms with van der Waals surface area (Å²) in [6.45, 7) is 8.32. The molecule has 1 heterocycles. The second-order valence-corrected chi connectivity index (χ2v) is 5.66. The van der Waals surface area contributed by atoms with Gasteiger partial charge in [-0.05, 0) is 46.2 Å². The molecule has 6 N–H and O–H groups in total. The van der Waals surface area contributed by atoms with E-state index in [0.29, 0.717) is 5.54 Å². The Hall–Kier alpha value is 0.536. The molecule has 1 rings (SSSR count). The van der Waals surface area contributed by atoms with Crippen molar-refractivity contribution in [1.29, 1.82) is 0 Å². The van der Waals surface area contributed by atoms with Crippen molar-refractivity contribution in [1.82, 2.24) is 11.1 Å². The van der Waals surface area contributed by atoms with E-state index < -0.39 is 7.82 Å². The Bertz CT molecular complexity index is 227. The van der Waals surface area contributed by atoms with Gasteiger partial charge in [0.1, 0.15) is 0 Å². The minimum absolute atomic E-state index is 0. The predicted octanol–water partition coefficient (Wildman–Crippen LogP) is 1.36. The van der Waals surface area contributed by atoms with Gasteiger partial charge in [0.15, 0.2) is 0 Å². The van der Waals surface area contributed by atoms with Crippen LogP contribution in [0.5, 0.6) is 0 Å². The van der Waals surface area contributed by atoms with Crippen molar-refractivity contribution < 1.29 is 36.0 Å². The van der Waals surface area contributed by atoms with Gasteiger partial charge >= 0.3 is 7.82 Å². The molecule has 1 fully saturated rings. The predicted molar refractivity (Wildman–Crippen MR) is 64.4 cm³/mol. The first-order valence-electron chi connectivity index (χ1n) is 5.04. The van der Waals surface area contributed by atoms with Crippen molar-refractivity contribution in [2.45, 2.75) is 39.2 Å². The van der Waals surface area contributed by atoms with Crippen LogP contribution in [0.2, 0.25) is 0 Å². The van der Waals surface area contributed by atoms with Gasteiger partial charge in [-0.3, -0.25) is 0 Å². The average molecular weight is 315 g/mol. The summed E-state index contributed by atoms with van der Waals surface area (Å²) in [4.78, 5) is 24.0. The van der Waals surface area contributed by atoms with E-state index in [1.165, 1.54) is 19.4 Å². The molecule has 6 nitrogen and oxygen atoms in total. The van der Waals surface area contributed by atoms with E-state index in [0.717, 1.165) is 5.92 Å². The van der Waals surface area contributed by atoms with Gasteiger partial charge in [0.05, 0.1) is 0 Å². The van der Waals surface area contributed by atoms with Crippen LogP contribution in [0.4, 0.5) is 0 Å². The Labute approximate surface area is 114 Å². The number of piperidine rings is 1. The SMILES string of the molecule is CC1CCCN(C)C1(C)C.N.O=P(O)(O)O.[Co]. The Balaban J connectivity index is -0.000000247. The number of hydrogen-bond donors (Lipinski definition) is 4. The molecule has 0 amide bonds. The van der Waals surface area contributed by atoms with Crippen LogP contribution in [0.25, 0.3) is 0 Å². The van der Waals surface area contributed by atoms with Gasteiger partial charge in [-0.1, -0.05) is 6.92 Å². The van der Waals surface area contributed by atoms with Crippen LogP contribution >= 0.6 is 7.82 Å². The van der Waals surface area contributed by atoms with Crippen molar-refractivity contribution in [3.63, 3.8) is 0 Å². The Morgan fingerprint density at radius 3 is 1.88 bits per heavy atom. The van der Waals surface area contributed by atoms with Crippen LogP contribution in [-0.4, -0.2) is 38.7 Å². The number of rotatable bonds is 0. The van der Waals surface area contributed by atoms with Crippen molar-refractivity contribution >= 4 is 7.82 Å². The molecule has 0 aromatic carbocycles. The maximum Gasteiger partial charge on any atom is 0.466 e. The zero-order valence-corrected chi connectivity index (χ0v) is 12.8. The fraction of sp³-hybridized carbons (Fsp3) is 1.00. The molecule has 1 aliphatic rings. The van der Waals surface area contributed by atoms with E-state index >= 15 is 0 Å². The molecule has 1 unspecified atom stereocenters. The standard InChI is InChI=1S/C9H19N.Co.H3N.H3O4P/c1-8-6-5-7-10(4)9(8,2)3;;;1-5(2,3)4/h8H,5-7H2,1-4H3;;1H3;(H3,1,2,3,4). The monoisotopic (exact) mass is 315 g/mol. The third kappa shape index (κ3) is 10.2. The van der Waals surface area contributed by atoms with Crippen LogP contribution < -0.4 is 6.15 Å². The number of hydrogen-bond acceptors (Lipinski definition) is 3. The minimum Gasteiger partial charge on any atom is -0.344 e. The molecule has 1 saturated heterocycles. The van der Waals surface area contributed by atoms with Crippen LogP contribution in [0.15, 0.2) is 0 Å². The molecule has 1 aliphatic heterocycles.